The van der Waals surface area contributed by atoms with Crippen molar-refractivity contribution in [2.75, 3.05) is 0 Å². The molecule has 0 atom stereocenters. The third-order valence-corrected chi connectivity index (χ3v) is 5.15. The Bertz CT molecular complexity index is 1260. The molecular weight excluding hydrogens is 304 g/mol. The van der Waals surface area contributed by atoms with Crippen LogP contribution in [0.2, 0.25) is 0 Å². The van der Waals surface area contributed by atoms with Crippen molar-refractivity contribution in [1.82, 2.24) is 9.38 Å². The van der Waals surface area contributed by atoms with Gasteiger partial charge >= 0.3 is 0 Å². The molecule has 25 heavy (non-hydrogen) atoms. The highest BCUT2D eigenvalue weighted by molar-refractivity contribution is 6.09. The molecule has 0 aliphatic heterocycles. The summed E-state index contributed by atoms with van der Waals surface area (Å²) in [6, 6.07) is 21.7. The number of aromatic nitrogens is 2. The van der Waals surface area contributed by atoms with Gasteiger partial charge in [-0.15, -0.1) is 0 Å². The minimum Gasteiger partial charge on any atom is -0.316 e. The molecule has 5 aromatic rings. The molecule has 0 spiro atoms. The quantitative estimate of drug-likeness (QED) is 0.374. The van der Waals surface area contributed by atoms with E-state index in [-0.39, 0.29) is 0 Å². The molecule has 0 radical (unpaired) electrons. The molecule has 2 heteroatoms. The maximum Gasteiger partial charge on any atom is 0.0711 e. The molecule has 3 aromatic heterocycles. The van der Waals surface area contributed by atoms with Gasteiger partial charge in [0.2, 0.25) is 0 Å². The van der Waals surface area contributed by atoms with Crippen LogP contribution in [0.3, 0.4) is 0 Å². The normalized spacial score (nSPS) is 11.6. The Labute approximate surface area is 146 Å². The molecule has 0 aliphatic carbocycles. The zero-order valence-corrected chi connectivity index (χ0v) is 14.3. The van der Waals surface area contributed by atoms with E-state index in [9.17, 15) is 0 Å². The monoisotopic (exact) mass is 322 g/mol. The molecule has 3 heterocycles. The molecule has 0 saturated carbocycles. The number of rotatable bonds is 1. The van der Waals surface area contributed by atoms with E-state index in [1.54, 1.807) is 0 Å². The van der Waals surface area contributed by atoms with Gasteiger partial charge in [0.05, 0.1) is 16.7 Å². The largest absolute Gasteiger partial charge is 0.316 e. The molecule has 2 aromatic carbocycles. The summed E-state index contributed by atoms with van der Waals surface area (Å²) in [5.41, 5.74) is 7.19. The number of aryl methyl sites for hydroxylation is 2. The molecule has 0 aliphatic rings. The first-order valence-corrected chi connectivity index (χ1v) is 8.57. The lowest BCUT2D eigenvalue weighted by Gasteiger charge is -2.10. The number of fused-ring (bicyclic) bond motifs is 5. The molecule has 2 nitrogen and oxygen atoms in total. The van der Waals surface area contributed by atoms with Gasteiger partial charge in [-0.2, -0.15) is 0 Å². The molecular formula is C23H18N2. The van der Waals surface area contributed by atoms with E-state index in [0.29, 0.717) is 0 Å². The molecule has 5 rings (SSSR count). The minimum atomic E-state index is 1.03. The van der Waals surface area contributed by atoms with Gasteiger partial charge < -0.3 is 4.40 Å². The van der Waals surface area contributed by atoms with Crippen molar-refractivity contribution in [1.29, 1.82) is 0 Å². The molecule has 0 amide bonds. The Kier molecular flexibility index (Phi) is 2.95. The molecule has 0 fully saturated rings. The molecule has 0 saturated heterocycles. The van der Waals surface area contributed by atoms with Crippen LogP contribution >= 0.6 is 0 Å². The van der Waals surface area contributed by atoms with E-state index in [4.69, 9.17) is 4.98 Å². The fourth-order valence-corrected chi connectivity index (χ4v) is 3.66. The van der Waals surface area contributed by atoms with E-state index in [1.807, 2.05) is 6.20 Å². The predicted molar refractivity (Wildman–Crippen MR) is 105 cm³/mol. The Morgan fingerprint density at radius 3 is 2.48 bits per heavy atom. The van der Waals surface area contributed by atoms with E-state index < -0.39 is 0 Å². The third kappa shape index (κ3) is 2.07. The van der Waals surface area contributed by atoms with Crippen LogP contribution in [0.5, 0.6) is 0 Å². The molecule has 120 valence electrons. The summed E-state index contributed by atoms with van der Waals surface area (Å²) in [5, 5.41) is 3.77. The van der Waals surface area contributed by atoms with Gasteiger partial charge in [-0.3, -0.25) is 4.98 Å². The van der Waals surface area contributed by atoms with E-state index in [0.717, 1.165) is 5.69 Å². The van der Waals surface area contributed by atoms with Crippen LogP contribution in [0.1, 0.15) is 11.1 Å². The maximum atomic E-state index is 4.71. The van der Waals surface area contributed by atoms with Crippen molar-refractivity contribution in [2.24, 2.45) is 0 Å². The Morgan fingerprint density at radius 2 is 1.60 bits per heavy atom. The van der Waals surface area contributed by atoms with Crippen molar-refractivity contribution >= 4 is 27.2 Å². The smallest absolute Gasteiger partial charge is 0.0711 e. The first kappa shape index (κ1) is 14.2. The van der Waals surface area contributed by atoms with Gasteiger partial charge in [0, 0.05) is 28.7 Å². The van der Waals surface area contributed by atoms with E-state index in [1.165, 1.54) is 43.9 Å². The molecule has 0 N–H and O–H groups in total. The Hall–Kier alpha value is -3.13. The van der Waals surface area contributed by atoms with Gasteiger partial charge in [0.25, 0.3) is 0 Å². The number of hydrogen-bond acceptors (Lipinski definition) is 1. The highest BCUT2D eigenvalue weighted by Gasteiger charge is 2.12. The number of pyridine rings is 2. The van der Waals surface area contributed by atoms with Crippen molar-refractivity contribution in [3.05, 3.63) is 84.2 Å². The minimum absolute atomic E-state index is 1.03. The highest BCUT2D eigenvalue weighted by Crippen LogP contribution is 2.34. The molecule has 0 bridgehead atoms. The van der Waals surface area contributed by atoms with Gasteiger partial charge in [0.1, 0.15) is 0 Å². The van der Waals surface area contributed by atoms with Gasteiger partial charge in [-0.1, -0.05) is 36.4 Å². The van der Waals surface area contributed by atoms with Gasteiger partial charge in [-0.05, 0) is 54.6 Å². The van der Waals surface area contributed by atoms with Crippen LogP contribution in [-0.2, 0) is 0 Å². The Balaban J connectivity index is 1.94. The number of para-hydroxylation sites is 1. The second-order valence-corrected chi connectivity index (χ2v) is 6.70. The first-order chi connectivity index (χ1) is 12.2. The van der Waals surface area contributed by atoms with Crippen molar-refractivity contribution in [3.8, 4) is 11.3 Å². The lowest BCUT2D eigenvalue weighted by atomic mass is 10.00. The average molecular weight is 322 g/mol. The topological polar surface area (TPSA) is 17.3 Å². The van der Waals surface area contributed by atoms with Crippen molar-refractivity contribution < 1.29 is 0 Å². The lowest BCUT2D eigenvalue weighted by Crippen LogP contribution is -1.91. The third-order valence-electron chi connectivity index (χ3n) is 5.15. The maximum absolute atomic E-state index is 4.71. The van der Waals surface area contributed by atoms with Crippen LogP contribution in [0.15, 0.2) is 73.1 Å². The summed E-state index contributed by atoms with van der Waals surface area (Å²) in [4.78, 5) is 4.71. The summed E-state index contributed by atoms with van der Waals surface area (Å²) >= 11 is 0. The standard InChI is InChI=1S/C23H18N2/c1-15-12-20(24-14-16(15)2)19-8-5-7-17-10-11-25-21-9-4-3-6-18(21)13-22(25)23(17)19/h3-14H,1-2H3. The Morgan fingerprint density at radius 1 is 0.760 bits per heavy atom. The predicted octanol–water partition coefficient (Wildman–Crippen LogP) is 5.92. The zero-order chi connectivity index (χ0) is 17.0. The van der Waals surface area contributed by atoms with Crippen LogP contribution < -0.4 is 0 Å². The van der Waals surface area contributed by atoms with Crippen molar-refractivity contribution in [3.63, 3.8) is 0 Å². The van der Waals surface area contributed by atoms with Crippen LogP contribution in [-0.4, -0.2) is 9.38 Å². The SMILES string of the molecule is Cc1cnc(-c2cccc3ccn4c5ccccc5cc4c23)cc1C. The summed E-state index contributed by atoms with van der Waals surface area (Å²) in [7, 11) is 0. The number of hydrogen-bond donors (Lipinski definition) is 0. The second-order valence-electron chi connectivity index (χ2n) is 6.70. The zero-order valence-electron chi connectivity index (χ0n) is 14.3. The highest BCUT2D eigenvalue weighted by atomic mass is 14.9. The fourth-order valence-electron chi connectivity index (χ4n) is 3.66. The van der Waals surface area contributed by atoms with E-state index in [2.05, 4.69) is 85.1 Å². The lowest BCUT2D eigenvalue weighted by molar-refractivity contribution is 1.22. The van der Waals surface area contributed by atoms with Gasteiger partial charge in [-0.25, -0.2) is 0 Å². The fraction of sp³-hybridized carbons (Fsp3) is 0.0870. The van der Waals surface area contributed by atoms with Crippen LogP contribution in [0.4, 0.5) is 0 Å². The van der Waals surface area contributed by atoms with Crippen LogP contribution in [0.25, 0.3) is 38.4 Å². The molecule has 0 unspecified atom stereocenters. The van der Waals surface area contributed by atoms with Gasteiger partial charge in [0.15, 0.2) is 0 Å². The van der Waals surface area contributed by atoms with Crippen LogP contribution in [0, 0.1) is 13.8 Å². The second kappa shape index (κ2) is 5.18. The first-order valence-electron chi connectivity index (χ1n) is 8.57. The number of benzene rings is 2. The summed E-state index contributed by atoms with van der Waals surface area (Å²) < 4.78 is 2.28. The van der Waals surface area contributed by atoms with E-state index >= 15 is 0 Å². The summed E-state index contributed by atoms with van der Waals surface area (Å²) in [5.74, 6) is 0. The van der Waals surface area contributed by atoms with Crippen molar-refractivity contribution in [2.45, 2.75) is 13.8 Å². The summed E-state index contributed by atoms with van der Waals surface area (Å²) in [6.07, 6.45) is 4.13. The average Bonchev–Trinajstić information content (AvgIpc) is 3.02. The summed E-state index contributed by atoms with van der Waals surface area (Å²) in [6.45, 7) is 4.25. The number of nitrogens with zero attached hydrogens (tertiary/aromatic N) is 2.